The molecule has 6 heteroatoms. The predicted molar refractivity (Wildman–Crippen MR) is 60.4 cm³/mol. The van der Waals surface area contributed by atoms with Crippen molar-refractivity contribution < 1.29 is 0 Å². The van der Waals surface area contributed by atoms with Crippen LogP contribution < -0.4 is 0 Å². The average molecular weight is 266 g/mol. The van der Waals surface area contributed by atoms with Gasteiger partial charge in [0, 0.05) is 5.56 Å². The third-order valence-electron chi connectivity index (χ3n) is 1.58. The van der Waals surface area contributed by atoms with Crippen LogP contribution in [0.5, 0.6) is 0 Å². The van der Waals surface area contributed by atoms with E-state index >= 15 is 0 Å². The third kappa shape index (κ3) is 1.86. The molecule has 0 aliphatic heterocycles. The standard InChI is InChI=1S/C8H3Cl3N2S/c9-4-2-1-3-5(10)6(4)7-12-8(11)13-14-7/h1-3H. The molecule has 2 aromatic rings. The summed E-state index contributed by atoms with van der Waals surface area (Å²) in [5.41, 5.74) is 0.681. The van der Waals surface area contributed by atoms with Crippen LogP contribution in [0.1, 0.15) is 0 Å². The van der Waals surface area contributed by atoms with Crippen molar-refractivity contribution in [3.63, 3.8) is 0 Å². The van der Waals surface area contributed by atoms with E-state index in [0.717, 1.165) is 0 Å². The molecule has 0 bridgehead atoms. The molecule has 0 saturated heterocycles. The second kappa shape index (κ2) is 4.03. The molecule has 0 amide bonds. The largest absolute Gasteiger partial charge is 0.234 e. The molecular formula is C8H3Cl3N2S. The van der Waals surface area contributed by atoms with Crippen LogP contribution in [0.2, 0.25) is 15.3 Å². The Morgan fingerprint density at radius 1 is 1.07 bits per heavy atom. The summed E-state index contributed by atoms with van der Waals surface area (Å²) in [5, 5.41) is 1.93. The van der Waals surface area contributed by atoms with Crippen molar-refractivity contribution in [2.24, 2.45) is 0 Å². The van der Waals surface area contributed by atoms with Gasteiger partial charge in [-0.25, -0.2) is 4.98 Å². The minimum absolute atomic E-state index is 0.209. The van der Waals surface area contributed by atoms with Gasteiger partial charge >= 0.3 is 0 Å². The maximum Gasteiger partial charge on any atom is 0.234 e. The first-order valence-electron chi connectivity index (χ1n) is 3.62. The van der Waals surface area contributed by atoms with E-state index in [1.165, 1.54) is 11.5 Å². The lowest BCUT2D eigenvalue weighted by atomic mass is 10.2. The van der Waals surface area contributed by atoms with Crippen LogP contribution in [-0.2, 0) is 0 Å². The molecule has 1 aromatic heterocycles. The summed E-state index contributed by atoms with van der Waals surface area (Å²) in [6, 6.07) is 5.27. The van der Waals surface area contributed by atoms with Gasteiger partial charge in [-0.15, -0.1) is 0 Å². The molecule has 2 rings (SSSR count). The average Bonchev–Trinajstić information content (AvgIpc) is 2.51. The Labute approximate surface area is 99.6 Å². The number of halogens is 3. The number of benzene rings is 1. The second-order valence-corrected chi connectivity index (χ2v) is 4.37. The van der Waals surface area contributed by atoms with E-state index in [-0.39, 0.29) is 5.28 Å². The number of nitrogens with zero attached hydrogens (tertiary/aromatic N) is 2. The van der Waals surface area contributed by atoms with E-state index in [2.05, 4.69) is 9.36 Å². The van der Waals surface area contributed by atoms with Crippen LogP contribution in [0, 0.1) is 0 Å². The Balaban J connectivity index is 2.61. The molecule has 0 spiro atoms. The van der Waals surface area contributed by atoms with E-state index in [9.17, 15) is 0 Å². The molecule has 72 valence electrons. The van der Waals surface area contributed by atoms with Gasteiger partial charge in [-0.3, -0.25) is 0 Å². The van der Waals surface area contributed by atoms with E-state index in [1.54, 1.807) is 18.2 Å². The highest BCUT2D eigenvalue weighted by molar-refractivity contribution is 7.09. The highest BCUT2D eigenvalue weighted by Crippen LogP contribution is 2.35. The van der Waals surface area contributed by atoms with Crippen LogP contribution in [0.15, 0.2) is 18.2 Å². The number of hydrogen-bond donors (Lipinski definition) is 0. The third-order valence-corrected chi connectivity index (χ3v) is 3.21. The van der Waals surface area contributed by atoms with Gasteiger partial charge < -0.3 is 0 Å². The molecule has 0 atom stereocenters. The maximum atomic E-state index is 5.98. The normalized spacial score (nSPS) is 10.5. The van der Waals surface area contributed by atoms with Gasteiger partial charge in [0.05, 0.1) is 10.0 Å². The summed E-state index contributed by atoms with van der Waals surface area (Å²) in [7, 11) is 0. The first kappa shape index (κ1) is 10.2. The summed E-state index contributed by atoms with van der Waals surface area (Å²) >= 11 is 18.8. The van der Waals surface area contributed by atoms with Crippen LogP contribution in [0.3, 0.4) is 0 Å². The van der Waals surface area contributed by atoms with Gasteiger partial charge in [0.25, 0.3) is 0 Å². The Bertz CT molecular complexity index is 449. The molecule has 0 aliphatic carbocycles. The summed E-state index contributed by atoms with van der Waals surface area (Å²) in [4.78, 5) is 4.01. The smallest absolute Gasteiger partial charge is 0.204 e. The van der Waals surface area contributed by atoms with Gasteiger partial charge in [-0.05, 0) is 35.3 Å². The van der Waals surface area contributed by atoms with E-state index in [0.29, 0.717) is 20.6 Å². The second-order valence-electron chi connectivity index (χ2n) is 2.47. The minimum atomic E-state index is 0.209. The van der Waals surface area contributed by atoms with Crippen molar-refractivity contribution in [1.82, 2.24) is 9.36 Å². The summed E-state index contributed by atoms with van der Waals surface area (Å²) in [6.07, 6.45) is 0. The van der Waals surface area contributed by atoms with Crippen molar-refractivity contribution in [2.75, 3.05) is 0 Å². The van der Waals surface area contributed by atoms with Crippen LogP contribution in [0.4, 0.5) is 0 Å². The number of hydrogen-bond acceptors (Lipinski definition) is 3. The highest BCUT2D eigenvalue weighted by atomic mass is 35.5. The van der Waals surface area contributed by atoms with Crippen molar-refractivity contribution in [3.8, 4) is 10.6 Å². The summed E-state index contributed by atoms with van der Waals surface area (Å²) < 4.78 is 3.85. The van der Waals surface area contributed by atoms with Crippen LogP contribution in [-0.4, -0.2) is 9.36 Å². The fourth-order valence-electron chi connectivity index (χ4n) is 1.01. The van der Waals surface area contributed by atoms with Crippen LogP contribution >= 0.6 is 46.3 Å². The monoisotopic (exact) mass is 264 g/mol. The fraction of sp³-hybridized carbons (Fsp3) is 0. The van der Waals surface area contributed by atoms with Crippen LogP contribution in [0.25, 0.3) is 10.6 Å². The van der Waals surface area contributed by atoms with Crippen molar-refractivity contribution >= 4 is 46.3 Å². The molecule has 2 nitrogen and oxygen atoms in total. The molecular weight excluding hydrogens is 263 g/mol. The number of aromatic nitrogens is 2. The highest BCUT2D eigenvalue weighted by Gasteiger charge is 2.12. The SMILES string of the molecule is Clc1nsc(-c2c(Cl)cccc2Cl)n1. The zero-order chi connectivity index (χ0) is 10.1. The van der Waals surface area contributed by atoms with E-state index < -0.39 is 0 Å². The van der Waals surface area contributed by atoms with Crippen molar-refractivity contribution in [1.29, 1.82) is 0 Å². The maximum absolute atomic E-state index is 5.98. The molecule has 0 unspecified atom stereocenters. The zero-order valence-corrected chi connectivity index (χ0v) is 9.75. The Hall–Kier alpha value is -0.350. The Morgan fingerprint density at radius 3 is 2.21 bits per heavy atom. The van der Waals surface area contributed by atoms with Crippen molar-refractivity contribution in [3.05, 3.63) is 33.5 Å². The molecule has 0 N–H and O–H groups in total. The molecule has 0 saturated carbocycles. The Morgan fingerprint density at radius 2 is 1.71 bits per heavy atom. The Kier molecular flexibility index (Phi) is 2.93. The summed E-state index contributed by atoms with van der Waals surface area (Å²) in [5.74, 6) is 0. The molecule has 0 aliphatic rings. The lowest BCUT2D eigenvalue weighted by Gasteiger charge is -2.01. The molecule has 0 fully saturated rings. The van der Waals surface area contributed by atoms with Gasteiger partial charge in [0.15, 0.2) is 0 Å². The lowest BCUT2D eigenvalue weighted by Crippen LogP contribution is -1.79. The van der Waals surface area contributed by atoms with Gasteiger partial charge in [-0.1, -0.05) is 29.3 Å². The predicted octanol–water partition coefficient (Wildman–Crippen LogP) is 4.17. The van der Waals surface area contributed by atoms with E-state index in [1.807, 2.05) is 0 Å². The quantitative estimate of drug-likeness (QED) is 0.773. The summed E-state index contributed by atoms with van der Waals surface area (Å²) in [6.45, 7) is 0. The lowest BCUT2D eigenvalue weighted by molar-refractivity contribution is 1.33. The molecule has 14 heavy (non-hydrogen) atoms. The van der Waals surface area contributed by atoms with Gasteiger partial charge in [0.2, 0.25) is 5.28 Å². The zero-order valence-electron chi connectivity index (χ0n) is 6.67. The minimum Gasteiger partial charge on any atom is -0.204 e. The molecule has 1 aromatic carbocycles. The topological polar surface area (TPSA) is 25.8 Å². The molecule has 0 radical (unpaired) electrons. The first-order valence-corrected chi connectivity index (χ1v) is 5.53. The number of rotatable bonds is 1. The first-order chi connectivity index (χ1) is 6.68. The van der Waals surface area contributed by atoms with Crippen molar-refractivity contribution in [2.45, 2.75) is 0 Å². The van der Waals surface area contributed by atoms with Gasteiger partial charge in [0.1, 0.15) is 5.01 Å². The van der Waals surface area contributed by atoms with Gasteiger partial charge in [-0.2, -0.15) is 4.37 Å². The van der Waals surface area contributed by atoms with E-state index in [4.69, 9.17) is 34.8 Å². The molecule has 1 heterocycles. The fourth-order valence-corrected chi connectivity index (χ4v) is 2.58.